The fourth-order valence-corrected chi connectivity index (χ4v) is 4.13. The Bertz CT molecular complexity index is 969. The van der Waals surface area contributed by atoms with Crippen molar-refractivity contribution in [3.63, 3.8) is 0 Å². The number of benzene rings is 2. The van der Waals surface area contributed by atoms with Crippen LogP contribution in [0.2, 0.25) is 0 Å². The predicted octanol–water partition coefficient (Wildman–Crippen LogP) is 4.06. The zero-order chi connectivity index (χ0) is 18.9. The zero-order valence-electron chi connectivity index (χ0n) is 16.1. The molecule has 5 rings (SSSR count). The molecule has 0 amide bonds. The molecule has 2 aliphatic rings. The molecule has 1 atom stereocenters. The second kappa shape index (κ2) is 7.24. The molecule has 3 heterocycles. The molecule has 2 aromatic carbocycles. The summed E-state index contributed by atoms with van der Waals surface area (Å²) >= 11 is 0. The number of anilines is 3. The molecule has 28 heavy (non-hydrogen) atoms. The SMILES string of the molecule is CC1Cc2ccccc2N1c1cc(N2CCOCC2)nc(-c2ccccc2)n1. The molecule has 5 nitrogen and oxygen atoms in total. The van der Waals surface area contributed by atoms with Crippen molar-refractivity contribution in [2.75, 3.05) is 36.1 Å². The Hall–Kier alpha value is -2.92. The summed E-state index contributed by atoms with van der Waals surface area (Å²) in [5.74, 6) is 2.72. The first-order valence-electron chi connectivity index (χ1n) is 9.94. The minimum atomic E-state index is 0.369. The van der Waals surface area contributed by atoms with Crippen LogP contribution >= 0.6 is 0 Å². The van der Waals surface area contributed by atoms with Crippen molar-refractivity contribution in [3.8, 4) is 11.4 Å². The molecule has 0 N–H and O–H groups in total. The third kappa shape index (κ3) is 3.12. The van der Waals surface area contributed by atoms with Crippen LogP contribution in [0.25, 0.3) is 11.4 Å². The van der Waals surface area contributed by atoms with Crippen LogP contribution in [0.4, 0.5) is 17.3 Å². The van der Waals surface area contributed by atoms with Gasteiger partial charge in [0.1, 0.15) is 11.6 Å². The summed E-state index contributed by atoms with van der Waals surface area (Å²) in [5.41, 5.74) is 3.67. The van der Waals surface area contributed by atoms with Gasteiger partial charge in [-0.3, -0.25) is 0 Å². The molecule has 1 unspecified atom stereocenters. The van der Waals surface area contributed by atoms with Crippen molar-refractivity contribution in [1.82, 2.24) is 9.97 Å². The maximum absolute atomic E-state index is 5.53. The third-order valence-corrected chi connectivity index (χ3v) is 5.52. The fourth-order valence-electron chi connectivity index (χ4n) is 4.13. The van der Waals surface area contributed by atoms with Gasteiger partial charge < -0.3 is 14.5 Å². The van der Waals surface area contributed by atoms with Gasteiger partial charge in [-0.25, -0.2) is 9.97 Å². The van der Waals surface area contributed by atoms with E-state index in [1.54, 1.807) is 0 Å². The van der Waals surface area contributed by atoms with E-state index in [9.17, 15) is 0 Å². The highest BCUT2D eigenvalue weighted by atomic mass is 16.5. The van der Waals surface area contributed by atoms with Crippen LogP contribution in [0.3, 0.4) is 0 Å². The number of rotatable bonds is 3. The number of hydrogen-bond acceptors (Lipinski definition) is 5. The number of hydrogen-bond donors (Lipinski definition) is 0. The summed E-state index contributed by atoms with van der Waals surface area (Å²) in [7, 11) is 0. The monoisotopic (exact) mass is 372 g/mol. The van der Waals surface area contributed by atoms with E-state index < -0.39 is 0 Å². The number of para-hydroxylation sites is 1. The molecule has 0 radical (unpaired) electrons. The molecule has 3 aromatic rings. The maximum Gasteiger partial charge on any atom is 0.163 e. The molecule has 0 aliphatic carbocycles. The number of aromatic nitrogens is 2. The summed E-state index contributed by atoms with van der Waals surface area (Å²) in [6.45, 7) is 5.46. The van der Waals surface area contributed by atoms with Crippen molar-refractivity contribution in [1.29, 1.82) is 0 Å². The smallest absolute Gasteiger partial charge is 0.163 e. The lowest BCUT2D eigenvalue weighted by atomic mass is 10.1. The Balaban J connectivity index is 1.63. The minimum absolute atomic E-state index is 0.369. The number of nitrogens with zero attached hydrogens (tertiary/aromatic N) is 4. The highest BCUT2D eigenvalue weighted by molar-refractivity contribution is 5.72. The van der Waals surface area contributed by atoms with E-state index in [4.69, 9.17) is 14.7 Å². The Morgan fingerprint density at radius 1 is 0.893 bits per heavy atom. The van der Waals surface area contributed by atoms with Crippen LogP contribution in [0.15, 0.2) is 60.7 Å². The first kappa shape index (κ1) is 17.2. The summed E-state index contributed by atoms with van der Waals surface area (Å²) in [4.78, 5) is 14.6. The zero-order valence-corrected chi connectivity index (χ0v) is 16.1. The average Bonchev–Trinajstić information content (AvgIpc) is 3.10. The van der Waals surface area contributed by atoms with Crippen molar-refractivity contribution >= 4 is 17.3 Å². The van der Waals surface area contributed by atoms with E-state index in [0.717, 1.165) is 55.7 Å². The van der Waals surface area contributed by atoms with Gasteiger partial charge in [0.25, 0.3) is 0 Å². The van der Waals surface area contributed by atoms with Crippen LogP contribution in [0, 0.1) is 0 Å². The molecule has 5 heteroatoms. The van der Waals surface area contributed by atoms with Crippen molar-refractivity contribution in [2.45, 2.75) is 19.4 Å². The highest BCUT2D eigenvalue weighted by Gasteiger charge is 2.29. The number of fused-ring (bicyclic) bond motifs is 1. The van der Waals surface area contributed by atoms with E-state index in [2.05, 4.69) is 59.2 Å². The van der Waals surface area contributed by atoms with Gasteiger partial charge in [0, 0.05) is 36.4 Å². The predicted molar refractivity (Wildman–Crippen MR) is 112 cm³/mol. The molecule has 1 fully saturated rings. The molecule has 2 aliphatic heterocycles. The van der Waals surface area contributed by atoms with Gasteiger partial charge in [-0.05, 0) is 25.0 Å². The van der Waals surface area contributed by atoms with Gasteiger partial charge >= 0.3 is 0 Å². The lowest BCUT2D eigenvalue weighted by molar-refractivity contribution is 0.122. The fraction of sp³-hybridized carbons (Fsp3) is 0.304. The Morgan fingerprint density at radius 3 is 2.43 bits per heavy atom. The molecule has 0 saturated carbocycles. The molecule has 1 saturated heterocycles. The second-order valence-electron chi connectivity index (χ2n) is 7.43. The summed E-state index contributed by atoms with van der Waals surface area (Å²) < 4.78 is 5.53. The van der Waals surface area contributed by atoms with E-state index in [1.165, 1.54) is 11.3 Å². The number of morpholine rings is 1. The Labute approximate surface area is 165 Å². The van der Waals surface area contributed by atoms with Gasteiger partial charge in [-0.15, -0.1) is 0 Å². The van der Waals surface area contributed by atoms with Crippen LogP contribution in [-0.4, -0.2) is 42.3 Å². The van der Waals surface area contributed by atoms with Gasteiger partial charge in [0.2, 0.25) is 0 Å². The molecule has 142 valence electrons. The summed E-state index contributed by atoms with van der Waals surface area (Å²) in [6, 6.07) is 21.4. The van der Waals surface area contributed by atoms with Crippen LogP contribution < -0.4 is 9.80 Å². The molecular formula is C23H24N4O. The lowest BCUT2D eigenvalue weighted by Gasteiger charge is -2.30. The summed E-state index contributed by atoms with van der Waals surface area (Å²) in [5, 5.41) is 0. The van der Waals surface area contributed by atoms with Crippen molar-refractivity contribution in [2.24, 2.45) is 0 Å². The van der Waals surface area contributed by atoms with Gasteiger partial charge in [-0.1, -0.05) is 48.5 Å². The Morgan fingerprint density at radius 2 is 1.61 bits per heavy atom. The lowest BCUT2D eigenvalue weighted by Crippen LogP contribution is -2.37. The largest absolute Gasteiger partial charge is 0.378 e. The van der Waals surface area contributed by atoms with Gasteiger partial charge in [0.05, 0.1) is 13.2 Å². The van der Waals surface area contributed by atoms with Gasteiger partial charge in [0.15, 0.2) is 5.82 Å². The number of ether oxygens (including phenoxy) is 1. The second-order valence-corrected chi connectivity index (χ2v) is 7.43. The standard InChI is InChI=1S/C23H24N4O/c1-17-15-19-9-5-6-10-20(19)27(17)22-16-21(26-11-13-28-14-12-26)24-23(25-22)18-7-3-2-4-8-18/h2-10,16-17H,11-15H2,1H3. The van der Waals surface area contributed by atoms with Gasteiger partial charge in [-0.2, -0.15) is 0 Å². The maximum atomic E-state index is 5.53. The Kier molecular flexibility index (Phi) is 4.45. The average molecular weight is 372 g/mol. The van der Waals surface area contributed by atoms with Crippen molar-refractivity contribution in [3.05, 3.63) is 66.2 Å². The molecule has 1 aromatic heterocycles. The normalized spacial score (nSPS) is 19.0. The van der Waals surface area contributed by atoms with E-state index >= 15 is 0 Å². The van der Waals surface area contributed by atoms with Crippen LogP contribution in [0.1, 0.15) is 12.5 Å². The highest BCUT2D eigenvalue weighted by Crippen LogP contribution is 2.38. The van der Waals surface area contributed by atoms with Crippen LogP contribution in [-0.2, 0) is 11.2 Å². The van der Waals surface area contributed by atoms with E-state index in [0.29, 0.717) is 6.04 Å². The quantitative estimate of drug-likeness (QED) is 0.693. The molecular weight excluding hydrogens is 348 g/mol. The van der Waals surface area contributed by atoms with E-state index in [-0.39, 0.29) is 0 Å². The first-order chi connectivity index (χ1) is 13.8. The van der Waals surface area contributed by atoms with Crippen molar-refractivity contribution < 1.29 is 4.74 Å². The minimum Gasteiger partial charge on any atom is -0.378 e. The molecule has 0 spiro atoms. The first-order valence-corrected chi connectivity index (χ1v) is 9.94. The topological polar surface area (TPSA) is 41.5 Å². The molecule has 0 bridgehead atoms. The third-order valence-electron chi connectivity index (χ3n) is 5.52. The summed E-state index contributed by atoms with van der Waals surface area (Å²) in [6.07, 6.45) is 1.04. The van der Waals surface area contributed by atoms with Crippen LogP contribution in [0.5, 0.6) is 0 Å². The van der Waals surface area contributed by atoms with E-state index in [1.807, 2.05) is 18.2 Å².